The molecule has 0 bridgehead atoms. The van der Waals surface area contributed by atoms with Gasteiger partial charge in [0.25, 0.3) is 0 Å². The van der Waals surface area contributed by atoms with Gasteiger partial charge in [-0.25, -0.2) is 4.68 Å². The number of carbonyl (C=O) groups is 1. The van der Waals surface area contributed by atoms with Gasteiger partial charge in [-0.3, -0.25) is 9.69 Å². The van der Waals surface area contributed by atoms with Gasteiger partial charge in [-0.1, -0.05) is 34.3 Å². The third kappa shape index (κ3) is 3.36. The molecule has 2 aromatic heterocycles. The second-order valence-corrected chi connectivity index (χ2v) is 7.85. The number of nitrogens with zero attached hydrogens (tertiary/aromatic N) is 5. The third-order valence-corrected chi connectivity index (χ3v) is 5.78. The zero-order chi connectivity index (χ0) is 19.0. The van der Waals surface area contributed by atoms with Gasteiger partial charge in [-0.2, -0.15) is 5.10 Å². The zero-order valence-corrected chi connectivity index (χ0v) is 16.6. The Labute approximate surface area is 166 Å². The van der Waals surface area contributed by atoms with E-state index in [1.165, 1.54) is 0 Å². The number of aromatic nitrogens is 4. The van der Waals surface area contributed by atoms with Crippen LogP contribution in [-0.2, 0) is 11.3 Å². The standard InChI is InChI=1S/C18H19ClN6OS/c1-11-15(12(2)25(22-11)13-6-4-3-5-7-13)16-18(26)20-8-9-24(16)10-14-17(19)27-23-21-14/h3-7,16H,8-10H2,1-2H3,(H,20,26). The molecule has 1 aliphatic heterocycles. The third-order valence-electron chi connectivity index (χ3n) is 4.80. The number of amides is 1. The van der Waals surface area contributed by atoms with Crippen LogP contribution < -0.4 is 5.32 Å². The SMILES string of the molecule is Cc1nn(-c2ccccc2)c(C)c1C1C(=O)NCCN1Cc1nnsc1Cl. The van der Waals surface area contributed by atoms with Crippen molar-refractivity contribution in [2.45, 2.75) is 26.4 Å². The van der Waals surface area contributed by atoms with E-state index in [1.54, 1.807) is 0 Å². The Bertz CT molecular complexity index is 970. The molecule has 1 fully saturated rings. The van der Waals surface area contributed by atoms with Crippen molar-refractivity contribution in [3.63, 3.8) is 0 Å². The summed E-state index contributed by atoms with van der Waals surface area (Å²) >= 11 is 7.34. The first kappa shape index (κ1) is 18.1. The Balaban J connectivity index is 1.74. The number of para-hydroxylation sites is 1. The van der Waals surface area contributed by atoms with Gasteiger partial charge in [0.05, 0.1) is 11.4 Å². The van der Waals surface area contributed by atoms with Gasteiger partial charge in [0.15, 0.2) is 0 Å². The lowest BCUT2D eigenvalue weighted by molar-refractivity contribution is -0.129. The van der Waals surface area contributed by atoms with Crippen LogP contribution in [-0.4, -0.2) is 43.3 Å². The van der Waals surface area contributed by atoms with Crippen LogP contribution in [0, 0.1) is 13.8 Å². The normalized spacial score (nSPS) is 17.9. The quantitative estimate of drug-likeness (QED) is 0.726. The maximum Gasteiger partial charge on any atom is 0.242 e. The Kier molecular flexibility index (Phi) is 4.94. The number of piperazine rings is 1. The molecule has 1 unspecified atom stereocenters. The molecule has 0 radical (unpaired) electrons. The second kappa shape index (κ2) is 7.38. The monoisotopic (exact) mass is 402 g/mol. The van der Waals surface area contributed by atoms with E-state index < -0.39 is 6.04 Å². The Hall–Kier alpha value is -2.29. The molecular formula is C18H19ClN6OS. The lowest BCUT2D eigenvalue weighted by atomic mass is 10.00. The summed E-state index contributed by atoms with van der Waals surface area (Å²) in [7, 11) is 0. The van der Waals surface area contributed by atoms with Gasteiger partial charge < -0.3 is 5.32 Å². The van der Waals surface area contributed by atoms with E-state index in [0.29, 0.717) is 29.7 Å². The first-order valence-electron chi connectivity index (χ1n) is 8.66. The largest absolute Gasteiger partial charge is 0.353 e. The summed E-state index contributed by atoms with van der Waals surface area (Å²) in [5.74, 6) is -0.0284. The Morgan fingerprint density at radius 1 is 1.30 bits per heavy atom. The minimum atomic E-state index is -0.436. The molecule has 0 spiro atoms. The highest BCUT2D eigenvalue weighted by Gasteiger charge is 2.36. The Morgan fingerprint density at radius 2 is 2.07 bits per heavy atom. The van der Waals surface area contributed by atoms with Crippen molar-refractivity contribution in [3.8, 4) is 5.69 Å². The van der Waals surface area contributed by atoms with Gasteiger partial charge in [-0.05, 0) is 26.0 Å². The number of aryl methyl sites for hydroxylation is 1. The number of halogens is 1. The van der Waals surface area contributed by atoms with Gasteiger partial charge in [0.2, 0.25) is 5.91 Å². The van der Waals surface area contributed by atoms with Crippen LogP contribution in [0.3, 0.4) is 0 Å². The van der Waals surface area contributed by atoms with E-state index >= 15 is 0 Å². The minimum absolute atomic E-state index is 0.0284. The molecule has 0 saturated carbocycles. The van der Waals surface area contributed by atoms with Crippen LogP contribution in [0.1, 0.15) is 28.7 Å². The lowest BCUT2D eigenvalue weighted by Gasteiger charge is -2.34. The number of nitrogens with one attached hydrogen (secondary N) is 1. The molecule has 3 aromatic rings. The summed E-state index contributed by atoms with van der Waals surface area (Å²) in [5.41, 5.74) is 4.39. The molecular weight excluding hydrogens is 384 g/mol. The van der Waals surface area contributed by atoms with Gasteiger partial charge in [0.1, 0.15) is 16.1 Å². The van der Waals surface area contributed by atoms with E-state index in [4.69, 9.17) is 16.7 Å². The fourth-order valence-electron chi connectivity index (χ4n) is 3.55. The Morgan fingerprint density at radius 3 is 2.78 bits per heavy atom. The summed E-state index contributed by atoms with van der Waals surface area (Å²) in [5, 5.41) is 11.8. The van der Waals surface area contributed by atoms with E-state index in [9.17, 15) is 4.79 Å². The highest BCUT2D eigenvalue weighted by molar-refractivity contribution is 7.10. The molecule has 3 heterocycles. The molecule has 4 rings (SSSR count). The van der Waals surface area contributed by atoms with Crippen LogP contribution in [0.15, 0.2) is 30.3 Å². The van der Waals surface area contributed by atoms with Crippen molar-refractivity contribution in [1.29, 1.82) is 0 Å². The molecule has 27 heavy (non-hydrogen) atoms. The van der Waals surface area contributed by atoms with Crippen molar-refractivity contribution >= 4 is 29.0 Å². The molecule has 1 saturated heterocycles. The lowest BCUT2D eigenvalue weighted by Crippen LogP contribution is -2.49. The fourth-order valence-corrected chi connectivity index (χ4v) is 4.17. The summed E-state index contributed by atoms with van der Waals surface area (Å²) in [6.45, 7) is 5.72. The summed E-state index contributed by atoms with van der Waals surface area (Å²) < 4.78 is 6.35. The smallest absolute Gasteiger partial charge is 0.242 e. The van der Waals surface area contributed by atoms with Crippen molar-refractivity contribution in [3.05, 3.63) is 57.3 Å². The van der Waals surface area contributed by atoms with Gasteiger partial charge in [0, 0.05) is 42.4 Å². The average molecular weight is 403 g/mol. The molecule has 7 nitrogen and oxygen atoms in total. The zero-order valence-electron chi connectivity index (χ0n) is 15.0. The van der Waals surface area contributed by atoms with Crippen molar-refractivity contribution < 1.29 is 4.79 Å². The van der Waals surface area contributed by atoms with Crippen LogP contribution in [0.2, 0.25) is 4.34 Å². The number of hydrogen-bond donors (Lipinski definition) is 1. The second-order valence-electron chi connectivity index (χ2n) is 6.49. The maximum absolute atomic E-state index is 12.8. The highest BCUT2D eigenvalue weighted by atomic mass is 35.5. The molecule has 0 aliphatic carbocycles. The summed E-state index contributed by atoms with van der Waals surface area (Å²) in [6, 6.07) is 9.49. The maximum atomic E-state index is 12.8. The van der Waals surface area contributed by atoms with E-state index in [0.717, 1.165) is 34.2 Å². The van der Waals surface area contributed by atoms with E-state index in [1.807, 2.05) is 48.9 Å². The molecule has 1 amide bonds. The predicted octanol–water partition coefficient (Wildman–Crippen LogP) is 2.67. The molecule has 1 aliphatic rings. The van der Waals surface area contributed by atoms with Crippen molar-refractivity contribution in [2.75, 3.05) is 13.1 Å². The average Bonchev–Trinajstić information content (AvgIpc) is 3.19. The number of benzene rings is 1. The molecule has 1 atom stereocenters. The highest BCUT2D eigenvalue weighted by Crippen LogP contribution is 2.32. The number of carbonyl (C=O) groups excluding carboxylic acids is 1. The number of rotatable bonds is 4. The molecule has 140 valence electrons. The van der Waals surface area contributed by atoms with E-state index in [-0.39, 0.29) is 5.91 Å². The van der Waals surface area contributed by atoms with Crippen LogP contribution in [0.5, 0.6) is 0 Å². The van der Waals surface area contributed by atoms with Crippen LogP contribution >= 0.6 is 23.1 Å². The molecule has 1 aromatic carbocycles. The van der Waals surface area contributed by atoms with Gasteiger partial charge in [-0.15, -0.1) is 5.10 Å². The summed E-state index contributed by atoms with van der Waals surface area (Å²) in [4.78, 5) is 14.9. The first-order chi connectivity index (χ1) is 13.1. The summed E-state index contributed by atoms with van der Waals surface area (Å²) in [6.07, 6.45) is 0. The first-order valence-corrected chi connectivity index (χ1v) is 9.81. The topological polar surface area (TPSA) is 75.9 Å². The van der Waals surface area contributed by atoms with Gasteiger partial charge >= 0.3 is 0 Å². The predicted molar refractivity (Wildman–Crippen MR) is 104 cm³/mol. The minimum Gasteiger partial charge on any atom is -0.353 e. The van der Waals surface area contributed by atoms with Crippen LogP contribution in [0.25, 0.3) is 5.69 Å². The fraction of sp³-hybridized carbons (Fsp3) is 0.333. The van der Waals surface area contributed by atoms with Crippen LogP contribution in [0.4, 0.5) is 0 Å². The molecule has 1 N–H and O–H groups in total. The van der Waals surface area contributed by atoms with E-state index in [2.05, 4.69) is 19.8 Å². The number of hydrogen-bond acceptors (Lipinski definition) is 6. The van der Waals surface area contributed by atoms with Crippen molar-refractivity contribution in [2.24, 2.45) is 0 Å². The molecule has 9 heteroatoms. The van der Waals surface area contributed by atoms with Crippen molar-refractivity contribution in [1.82, 2.24) is 29.6 Å².